The first kappa shape index (κ1) is 20.7. The molecule has 2 aromatic heterocycles. The van der Waals surface area contributed by atoms with Crippen LogP contribution in [0.5, 0.6) is 0 Å². The summed E-state index contributed by atoms with van der Waals surface area (Å²) < 4.78 is 25.8. The van der Waals surface area contributed by atoms with Gasteiger partial charge in [-0.15, -0.1) is 0 Å². The Morgan fingerprint density at radius 2 is 1.84 bits per heavy atom. The van der Waals surface area contributed by atoms with Crippen LogP contribution in [0.1, 0.15) is 25.0 Å². The van der Waals surface area contributed by atoms with Crippen LogP contribution in [0.15, 0.2) is 59.8 Å². The van der Waals surface area contributed by atoms with E-state index in [1.165, 1.54) is 25.4 Å². The summed E-state index contributed by atoms with van der Waals surface area (Å²) in [7, 11) is -2.24. The van der Waals surface area contributed by atoms with Gasteiger partial charge in [0.1, 0.15) is 10.6 Å². The van der Waals surface area contributed by atoms with Crippen molar-refractivity contribution in [2.75, 3.05) is 18.1 Å². The van der Waals surface area contributed by atoms with Crippen molar-refractivity contribution in [1.29, 1.82) is 0 Å². The number of pyridine rings is 1. The first-order valence-corrected chi connectivity index (χ1v) is 11.2. The van der Waals surface area contributed by atoms with E-state index in [-0.39, 0.29) is 16.9 Å². The summed E-state index contributed by atoms with van der Waals surface area (Å²) in [4.78, 5) is 24.4. The fourth-order valence-corrected chi connectivity index (χ4v) is 5.66. The molecule has 2 amide bonds. The molecule has 1 aliphatic carbocycles. The Morgan fingerprint density at radius 3 is 2.42 bits per heavy atom. The molecule has 4 rings (SSSR count). The number of anilines is 2. The van der Waals surface area contributed by atoms with Gasteiger partial charge in [-0.1, -0.05) is 6.07 Å². The third-order valence-corrected chi connectivity index (χ3v) is 7.87. The van der Waals surface area contributed by atoms with Crippen LogP contribution in [0, 0.1) is 0 Å². The van der Waals surface area contributed by atoms with Crippen molar-refractivity contribution < 1.29 is 13.2 Å². The maximum atomic E-state index is 13.5. The first-order valence-electron chi connectivity index (χ1n) is 9.76. The number of hydrogen-bond acceptors (Lipinski definition) is 7. The molecule has 1 saturated carbocycles. The van der Waals surface area contributed by atoms with Gasteiger partial charge >= 0.3 is 6.03 Å². The van der Waals surface area contributed by atoms with Crippen LogP contribution in [0.2, 0.25) is 0 Å². The van der Waals surface area contributed by atoms with Crippen molar-refractivity contribution >= 4 is 27.4 Å². The summed E-state index contributed by atoms with van der Waals surface area (Å²) in [5.41, 5.74) is 7.67. The van der Waals surface area contributed by atoms with Crippen LogP contribution in [0.3, 0.4) is 0 Å². The number of sulfone groups is 1. The first-order chi connectivity index (χ1) is 14.9. The fraction of sp³-hybridized carbons (Fsp3) is 0.238. The molecule has 160 valence electrons. The van der Waals surface area contributed by atoms with Crippen LogP contribution >= 0.6 is 0 Å². The van der Waals surface area contributed by atoms with E-state index in [0.29, 0.717) is 35.6 Å². The average molecular weight is 439 g/mol. The Hall–Kier alpha value is -3.53. The molecule has 0 saturated heterocycles. The molecule has 1 aliphatic rings. The lowest BCUT2D eigenvalue weighted by molar-refractivity contribution is 0.254. The molecule has 3 aromatic rings. The molecule has 0 atom stereocenters. The molecule has 0 spiro atoms. The van der Waals surface area contributed by atoms with Gasteiger partial charge in [-0.3, -0.25) is 0 Å². The van der Waals surface area contributed by atoms with Crippen molar-refractivity contribution in [2.45, 2.75) is 29.0 Å². The molecule has 0 aliphatic heterocycles. The number of nitrogen functional groups attached to an aromatic ring is 1. The van der Waals surface area contributed by atoms with Crippen LogP contribution in [-0.4, -0.2) is 36.4 Å². The van der Waals surface area contributed by atoms with Crippen molar-refractivity contribution in [1.82, 2.24) is 20.3 Å². The second-order valence-electron chi connectivity index (χ2n) is 7.30. The molecule has 10 heteroatoms. The van der Waals surface area contributed by atoms with E-state index in [4.69, 9.17) is 5.73 Å². The number of carbonyl (C=O) groups is 1. The van der Waals surface area contributed by atoms with E-state index in [1.807, 2.05) is 0 Å². The molecule has 0 unspecified atom stereocenters. The molecule has 0 radical (unpaired) electrons. The van der Waals surface area contributed by atoms with Crippen molar-refractivity contribution in [3.63, 3.8) is 0 Å². The number of urea groups is 1. The number of aromatic nitrogens is 3. The average Bonchev–Trinajstić information content (AvgIpc) is 2.73. The molecular formula is C21H22N6O3S. The van der Waals surface area contributed by atoms with Gasteiger partial charge in [0.25, 0.3) is 0 Å². The Bertz CT molecular complexity index is 1210. The normalized spacial score (nSPS) is 15.0. The summed E-state index contributed by atoms with van der Waals surface area (Å²) in [5.74, 6) is 0.513. The van der Waals surface area contributed by atoms with Crippen LogP contribution < -0.4 is 16.4 Å². The monoisotopic (exact) mass is 438 g/mol. The van der Waals surface area contributed by atoms with Crippen molar-refractivity contribution in [3.8, 4) is 11.4 Å². The van der Waals surface area contributed by atoms with Gasteiger partial charge in [0.2, 0.25) is 9.84 Å². The summed E-state index contributed by atoms with van der Waals surface area (Å²) in [6.07, 6.45) is 3.12. The Labute approximate surface area is 180 Å². The maximum Gasteiger partial charge on any atom is 0.318 e. The van der Waals surface area contributed by atoms with Gasteiger partial charge in [0.15, 0.2) is 10.9 Å². The van der Waals surface area contributed by atoms with Gasteiger partial charge < -0.3 is 16.4 Å². The van der Waals surface area contributed by atoms with E-state index in [2.05, 4.69) is 25.6 Å². The Kier molecular flexibility index (Phi) is 5.32. The lowest BCUT2D eigenvalue weighted by Crippen LogP contribution is -2.43. The third-order valence-electron chi connectivity index (χ3n) is 5.43. The SMILES string of the molecule is CNC(=O)Nc1ccc(-c2nc(N)cc(C3(S(=O)(=O)c4ccccn4)CCC3)n2)cc1. The van der Waals surface area contributed by atoms with Crippen molar-refractivity contribution in [3.05, 3.63) is 60.4 Å². The third kappa shape index (κ3) is 3.70. The van der Waals surface area contributed by atoms with E-state index >= 15 is 0 Å². The van der Waals surface area contributed by atoms with E-state index in [9.17, 15) is 13.2 Å². The molecule has 9 nitrogen and oxygen atoms in total. The summed E-state index contributed by atoms with van der Waals surface area (Å²) in [6, 6.07) is 12.9. The standard InChI is InChI=1S/C21H22N6O3S/c1-23-20(28)25-15-8-6-14(7-9-15)19-26-16(13-17(22)27-19)21(10-4-11-21)31(29,30)18-5-2-3-12-24-18/h2-3,5-9,12-13H,4,10-11H2,1H3,(H2,22,26,27)(H2,23,25,28). The Morgan fingerprint density at radius 1 is 1.10 bits per heavy atom. The predicted molar refractivity (Wildman–Crippen MR) is 117 cm³/mol. The van der Waals surface area contributed by atoms with E-state index in [0.717, 1.165) is 6.42 Å². The zero-order valence-corrected chi connectivity index (χ0v) is 17.7. The zero-order valence-electron chi connectivity index (χ0n) is 16.9. The highest BCUT2D eigenvalue weighted by molar-refractivity contribution is 7.92. The number of hydrogen-bond donors (Lipinski definition) is 3. The van der Waals surface area contributed by atoms with E-state index in [1.54, 1.807) is 36.4 Å². The summed E-state index contributed by atoms with van der Waals surface area (Å²) in [5, 5.41) is 5.18. The topological polar surface area (TPSA) is 140 Å². The quantitative estimate of drug-likeness (QED) is 0.556. The lowest BCUT2D eigenvalue weighted by Gasteiger charge is -2.40. The van der Waals surface area contributed by atoms with Gasteiger partial charge in [-0.2, -0.15) is 0 Å². The second kappa shape index (κ2) is 7.95. The number of carbonyl (C=O) groups excluding carboxylic acids is 1. The van der Waals surface area contributed by atoms with Crippen LogP contribution in [0.25, 0.3) is 11.4 Å². The highest BCUT2D eigenvalue weighted by Gasteiger charge is 2.53. The van der Waals surface area contributed by atoms with Gasteiger partial charge in [-0.25, -0.2) is 28.2 Å². The van der Waals surface area contributed by atoms with Crippen LogP contribution in [0.4, 0.5) is 16.3 Å². The second-order valence-corrected chi connectivity index (χ2v) is 9.51. The molecule has 1 fully saturated rings. The highest BCUT2D eigenvalue weighted by Crippen LogP contribution is 2.50. The number of amides is 2. The minimum atomic E-state index is -3.77. The summed E-state index contributed by atoms with van der Waals surface area (Å²) >= 11 is 0. The zero-order chi connectivity index (χ0) is 22.1. The number of benzene rings is 1. The predicted octanol–water partition coefficient (Wildman–Crippen LogP) is 2.73. The van der Waals surface area contributed by atoms with Crippen molar-refractivity contribution in [2.24, 2.45) is 0 Å². The highest BCUT2D eigenvalue weighted by atomic mass is 32.2. The largest absolute Gasteiger partial charge is 0.384 e. The molecule has 2 heterocycles. The number of nitrogens with zero attached hydrogens (tertiary/aromatic N) is 3. The van der Waals surface area contributed by atoms with Crippen LogP contribution in [-0.2, 0) is 14.6 Å². The number of nitrogens with two attached hydrogens (primary N) is 1. The Balaban J connectivity index is 1.73. The number of nitrogens with one attached hydrogen (secondary N) is 2. The minimum absolute atomic E-state index is 0.0260. The fourth-order valence-electron chi connectivity index (χ4n) is 3.59. The molecule has 31 heavy (non-hydrogen) atoms. The number of rotatable bonds is 5. The molecule has 1 aromatic carbocycles. The van der Waals surface area contributed by atoms with Gasteiger partial charge in [0.05, 0.1) is 5.69 Å². The van der Waals surface area contributed by atoms with Gasteiger partial charge in [-0.05, 0) is 55.7 Å². The lowest BCUT2D eigenvalue weighted by atomic mass is 9.81. The smallest absolute Gasteiger partial charge is 0.318 e. The molecule has 4 N–H and O–H groups in total. The minimum Gasteiger partial charge on any atom is -0.384 e. The molecule has 0 bridgehead atoms. The molecular weight excluding hydrogens is 416 g/mol. The summed E-state index contributed by atoms with van der Waals surface area (Å²) in [6.45, 7) is 0. The van der Waals surface area contributed by atoms with E-state index < -0.39 is 14.6 Å². The maximum absolute atomic E-state index is 13.5. The van der Waals surface area contributed by atoms with Gasteiger partial charge in [0, 0.05) is 30.6 Å².